The second-order valence-electron chi connectivity index (χ2n) is 6.28. The van der Waals surface area contributed by atoms with Crippen molar-refractivity contribution in [3.05, 3.63) is 59.2 Å². The summed E-state index contributed by atoms with van der Waals surface area (Å²) in [5.74, 6) is -0.144. The van der Waals surface area contributed by atoms with Crippen LogP contribution in [0.3, 0.4) is 0 Å². The van der Waals surface area contributed by atoms with Gasteiger partial charge < -0.3 is 10.1 Å². The van der Waals surface area contributed by atoms with Crippen molar-refractivity contribution >= 4 is 23.0 Å². The van der Waals surface area contributed by atoms with Gasteiger partial charge in [-0.2, -0.15) is 0 Å². The largest absolute Gasteiger partial charge is 0.363 e. The average molecular weight is 322 g/mol. The van der Waals surface area contributed by atoms with Crippen LogP contribution in [0.2, 0.25) is 0 Å². The lowest BCUT2D eigenvalue weighted by atomic mass is 9.96. The predicted molar refractivity (Wildman–Crippen MR) is 97.1 cm³/mol. The number of fused-ring (bicyclic) bond motifs is 1. The molecule has 1 aliphatic rings. The number of rotatable bonds is 4. The Kier molecular flexibility index (Phi) is 4.76. The molecule has 3 rings (SSSR count). The lowest BCUT2D eigenvalue weighted by Gasteiger charge is -2.24. The van der Waals surface area contributed by atoms with Crippen LogP contribution in [-0.2, 0) is 9.53 Å². The number of aryl methyl sites for hydroxylation is 2. The summed E-state index contributed by atoms with van der Waals surface area (Å²) in [6, 6.07) is 13.8. The molecule has 1 aliphatic heterocycles. The molecule has 0 bridgehead atoms. The molecular weight excluding hydrogens is 300 g/mol. The zero-order valence-corrected chi connectivity index (χ0v) is 14.3. The van der Waals surface area contributed by atoms with E-state index < -0.39 is 0 Å². The van der Waals surface area contributed by atoms with Crippen LogP contribution in [0.4, 0.5) is 11.4 Å². The van der Waals surface area contributed by atoms with Gasteiger partial charge in [-0.3, -0.25) is 9.79 Å². The van der Waals surface area contributed by atoms with Gasteiger partial charge in [0.25, 0.3) is 0 Å². The molecule has 0 radical (unpaired) electrons. The zero-order chi connectivity index (χ0) is 17.1. The Morgan fingerprint density at radius 1 is 1.21 bits per heavy atom. The van der Waals surface area contributed by atoms with Crippen LogP contribution in [0.15, 0.2) is 47.5 Å². The monoisotopic (exact) mass is 322 g/mol. The molecule has 0 aliphatic carbocycles. The number of amides is 1. The molecule has 0 spiro atoms. The molecule has 2 aromatic rings. The van der Waals surface area contributed by atoms with E-state index in [2.05, 4.69) is 10.3 Å². The van der Waals surface area contributed by atoms with E-state index in [1.165, 1.54) is 0 Å². The lowest BCUT2D eigenvalue weighted by molar-refractivity contribution is -0.122. The molecule has 24 heavy (non-hydrogen) atoms. The van der Waals surface area contributed by atoms with Gasteiger partial charge in [-0.05, 0) is 44.0 Å². The smallest absolute Gasteiger partial charge is 0.250 e. The maximum absolute atomic E-state index is 12.2. The summed E-state index contributed by atoms with van der Waals surface area (Å²) in [7, 11) is 0. The van der Waals surface area contributed by atoms with E-state index in [9.17, 15) is 4.79 Å². The second-order valence-corrected chi connectivity index (χ2v) is 6.28. The highest BCUT2D eigenvalue weighted by molar-refractivity contribution is 5.92. The Balaban J connectivity index is 1.66. The number of hydrogen-bond donors (Lipinski definition) is 1. The van der Waals surface area contributed by atoms with Crippen LogP contribution in [0.25, 0.3) is 0 Å². The summed E-state index contributed by atoms with van der Waals surface area (Å²) in [5, 5.41) is 2.87. The van der Waals surface area contributed by atoms with Crippen molar-refractivity contribution in [3.8, 4) is 0 Å². The fraction of sp³-hybridized carbons (Fsp3) is 0.300. The highest BCUT2D eigenvalue weighted by Crippen LogP contribution is 2.37. The Labute approximate surface area is 142 Å². The first-order chi connectivity index (χ1) is 11.5. The molecule has 0 saturated carbocycles. The topological polar surface area (TPSA) is 50.7 Å². The summed E-state index contributed by atoms with van der Waals surface area (Å²) in [6.45, 7) is 6.07. The van der Waals surface area contributed by atoms with Crippen LogP contribution < -0.4 is 5.32 Å². The first kappa shape index (κ1) is 16.4. The van der Waals surface area contributed by atoms with Crippen molar-refractivity contribution < 1.29 is 9.53 Å². The van der Waals surface area contributed by atoms with Crippen LogP contribution in [0.1, 0.15) is 36.1 Å². The molecule has 1 atom stereocenters. The lowest BCUT2D eigenvalue weighted by Crippen LogP contribution is -2.22. The summed E-state index contributed by atoms with van der Waals surface area (Å²) in [4.78, 5) is 16.8. The molecule has 1 unspecified atom stereocenters. The molecule has 1 N–H and O–H groups in total. The number of ether oxygens (including phenoxy) is 1. The zero-order valence-electron chi connectivity index (χ0n) is 14.3. The number of carbonyl (C=O) groups excluding carboxylic acids is 1. The van der Waals surface area contributed by atoms with Crippen LogP contribution >= 0.6 is 0 Å². The maximum atomic E-state index is 12.2. The maximum Gasteiger partial charge on any atom is 0.250 e. The standard InChI is InChI=1S/C20H22N2O2/c1-13-6-4-8-16(10-13)22-19(23)12-24-18-11-15(3)21-20-14(2)7-5-9-17(18)20/h4-10,18H,11-12H2,1-3H3,(H,22,23). The molecule has 0 saturated heterocycles. The molecule has 124 valence electrons. The van der Waals surface area contributed by atoms with E-state index in [0.29, 0.717) is 6.42 Å². The van der Waals surface area contributed by atoms with Gasteiger partial charge in [-0.15, -0.1) is 0 Å². The van der Waals surface area contributed by atoms with Crippen molar-refractivity contribution in [3.63, 3.8) is 0 Å². The van der Waals surface area contributed by atoms with Gasteiger partial charge in [0.15, 0.2) is 0 Å². The number of nitrogens with zero attached hydrogens (tertiary/aromatic N) is 1. The molecule has 4 heteroatoms. The van der Waals surface area contributed by atoms with Crippen LogP contribution in [0.5, 0.6) is 0 Å². The minimum Gasteiger partial charge on any atom is -0.363 e. The Morgan fingerprint density at radius 2 is 2.00 bits per heavy atom. The highest BCUT2D eigenvalue weighted by Gasteiger charge is 2.23. The minimum atomic E-state index is -0.144. The quantitative estimate of drug-likeness (QED) is 0.901. The van der Waals surface area contributed by atoms with E-state index in [4.69, 9.17) is 4.74 Å². The third-order valence-corrected chi connectivity index (χ3v) is 4.12. The number of para-hydroxylation sites is 1. The first-order valence-electron chi connectivity index (χ1n) is 8.15. The highest BCUT2D eigenvalue weighted by atomic mass is 16.5. The molecule has 1 heterocycles. The van der Waals surface area contributed by atoms with E-state index in [1.807, 2.05) is 63.2 Å². The Bertz CT molecular complexity index is 796. The molecule has 2 aromatic carbocycles. The fourth-order valence-electron chi connectivity index (χ4n) is 2.95. The van der Waals surface area contributed by atoms with E-state index in [-0.39, 0.29) is 18.6 Å². The van der Waals surface area contributed by atoms with Gasteiger partial charge in [-0.25, -0.2) is 0 Å². The summed E-state index contributed by atoms with van der Waals surface area (Å²) >= 11 is 0. The van der Waals surface area contributed by atoms with Crippen molar-refractivity contribution in [1.82, 2.24) is 0 Å². The SMILES string of the molecule is CC1=Nc2c(C)cccc2C(OCC(=O)Nc2cccc(C)c2)C1. The fourth-order valence-corrected chi connectivity index (χ4v) is 2.95. The molecule has 0 fully saturated rings. The van der Waals surface area contributed by atoms with Gasteiger partial charge in [0.05, 0.1) is 11.8 Å². The Hall–Kier alpha value is -2.46. The summed E-state index contributed by atoms with van der Waals surface area (Å²) in [5.41, 5.74) is 6.10. The van der Waals surface area contributed by atoms with Gasteiger partial charge in [0.1, 0.15) is 6.61 Å². The number of anilines is 1. The van der Waals surface area contributed by atoms with E-state index in [1.54, 1.807) is 0 Å². The van der Waals surface area contributed by atoms with Gasteiger partial charge in [-0.1, -0.05) is 30.3 Å². The predicted octanol–water partition coefficient (Wildman–Crippen LogP) is 4.50. The van der Waals surface area contributed by atoms with Crippen molar-refractivity contribution in [2.24, 2.45) is 4.99 Å². The first-order valence-corrected chi connectivity index (χ1v) is 8.15. The number of benzene rings is 2. The molecule has 1 amide bonds. The summed E-state index contributed by atoms with van der Waals surface area (Å²) < 4.78 is 5.91. The van der Waals surface area contributed by atoms with Crippen molar-refractivity contribution in [2.45, 2.75) is 33.3 Å². The third kappa shape index (κ3) is 3.71. The van der Waals surface area contributed by atoms with Gasteiger partial charge >= 0.3 is 0 Å². The van der Waals surface area contributed by atoms with E-state index >= 15 is 0 Å². The minimum absolute atomic E-state index is 0.0271. The average Bonchev–Trinajstić information content (AvgIpc) is 2.53. The van der Waals surface area contributed by atoms with Gasteiger partial charge in [0, 0.05) is 23.4 Å². The van der Waals surface area contributed by atoms with Crippen molar-refractivity contribution in [1.29, 1.82) is 0 Å². The molecule has 4 nitrogen and oxygen atoms in total. The van der Waals surface area contributed by atoms with Crippen molar-refractivity contribution in [2.75, 3.05) is 11.9 Å². The number of aliphatic imine (C=N–C) groups is 1. The molecular formula is C20H22N2O2. The number of nitrogens with one attached hydrogen (secondary N) is 1. The van der Waals surface area contributed by atoms with Gasteiger partial charge in [0.2, 0.25) is 5.91 Å². The van der Waals surface area contributed by atoms with Crippen LogP contribution in [-0.4, -0.2) is 18.2 Å². The van der Waals surface area contributed by atoms with E-state index in [0.717, 1.165) is 33.8 Å². The normalized spacial score (nSPS) is 16.3. The van der Waals surface area contributed by atoms with Crippen LogP contribution in [0, 0.1) is 13.8 Å². The number of carbonyl (C=O) groups is 1. The summed E-state index contributed by atoms with van der Waals surface area (Å²) in [6.07, 6.45) is 0.592. The second kappa shape index (κ2) is 6.97. The molecule has 0 aromatic heterocycles. The third-order valence-electron chi connectivity index (χ3n) is 4.12. The number of hydrogen-bond acceptors (Lipinski definition) is 3. The Morgan fingerprint density at radius 3 is 2.79 bits per heavy atom.